The van der Waals surface area contributed by atoms with Crippen molar-refractivity contribution in [3.63, 3.8) is 0 Å². The summed E-state index contributed by atoms with van der Waals surface area (Å²) in [5, 5.41) is -0.178. The Morgan fingerprint density at radius 3 is 0.741 bits per heavy atom. The SMILES string of the molecule is CC(CC(=O)C1C(C)C=CCC1(C)C)SCCC(=O)OCC(COC(=O)CCSC(C)CC(=O)C1C(C)C=CCC1(C)C)(COC(=O)CCSC(C)CC(=O)C1C(C)C=CCC1(C)C)COC(=O)CCS[C@@H](C)CC(=O)[C@@H]1C(C)C=CCC1(C)C. The number of esters is 4. The average Bonchev–Trinajstić information content (AvgIpc) is 3.28. The molecule has 4 aliphatic rings. The molecule has 0 saturated heterocycles. The summed E-state index contributed by atoms with van der Waals surface area (Å²) < 4.78 is 23.8. The van der Waals surface area contributed by atoms with Gasteiger partial charge in [0, 0.05) is 93.4 Å². The molecular weight excluding hydrogens is 1150 g/mol. The topological polar surface area (TPSA) is 173 Å². The number of hydrogen-bond acceptors (Lipinski definition) is 16. The summed E-state index contributed by atoms with van der Waals surface area (Å²) in [7, 11) is 0. The predicted molar refractivity (Wildman–Crippen MR) is 352 cm³/mol. The highest BCUT2D eigenvalue weighted by molar-refractivity contribution is 8.00. The van der Waals surface area contributed by atoms with Crippen molar-refractivity contribution in [1.82, 2.24) is 0 Å². The molecule has 10 unspecified atom stereocenters. The summed E-state index contributed by atoms with van der Waals surface area (Å²) >= 11 is 6.06. The van der Waals surface area contributed by atoms with Gasteiger partial charge in [-0.25, -0.2) is 0 Å². The van der Waals surface area contributed by atoms with Gasteiger partial charge in [0.2, 0.25) is 0 Å². The zero-order valence-corrected chi connectivity index (χ0v) is 58.0. The second kappa shape index (κ2) is 34.2. The quantitative estimate of drug-likeness (QED) is 0.0329. The highest BCUT2D eigenvalue weighted by Crippen LogP contribution is 2.46. The number of carbonyl (C=O) groups excluding carboxylic acids is 8. The fourth-order valence-corrected chi connectivity index (χ4v) is 17.7. The maximum Gasteiger partial charge on any atom is 0.306 e. The average molecular weight is 1260 g/mol. The maximum atomic E-state index is 13.7. The Balaban J connectivity index is 1.46. The summed E-state index contributed by atoms with van der Waals surface area (Å²) in [5.74, 6) is 0.352. The van der Waals surface area contributed by atoms with Gasteiger partial charge in [-0.05, 0) is 71.0 Å². The van der Waals surface area contributed by atoms with Gasteiger partial charge in [0.25, 0.3) is 0 Å². The van der Waals surface area contributed by atoms with Crippen LogP contribution in [0.1, 0.15) is 188 Å². The molecule has 16 heteroatoms. The molecule has 0 saturated carbocycles. The molecule has 0 radical (unpaired) electrons. The molecule has 0 bridgehead atoms. The van der Waals surface area contributed by atoms with Crippen molar-refractivity contribution in [3.8, 4) is 0 Å². The van der Waals surface area contributed by atoms with E-state index in [4.69, 9.17) is 18.9 Å². The van der Waals surface area contributed by atoms with Crippen LogP contribution < -0.4 is 0 Å². The van der Waals surface area contributed by atoms with Crippen molar-refractivity contribution in [2.75, 3.05) is 49.4 Å². The van der Waals surface area contributed by atoms with Gasteiger partial charge in [0.1, 0.15) is 55.0 Å². The molecule has 12 atom stereocenters. The zero-order valence-electron chi connectivity index (χ0n) is 54.7. The number of hydrogen-bond donors (Lipinski definition) is 0. The second-order valence-corrected chi connectivity index (χ2v) is 34.6. The molecule has 0 aliphatic heterocycles. The van der Waals surface area contributed by atoms with Crippen LogP contribution in [-0.2, 0) is 57.3 Å². The van der Waals surface area contributed by atoms with E-state index in [-0.39, 0.29) is 139 Å². The van der Waals surface area contributed by atoms with E-state index in [9.17, 15) is 38.4 Å². The van der Waals surface area contributed by atoms with Crippen LogP contribution in [0.2, 0.25) is 0 Å². The van der Waals surface area contributed by atoms with Gasteiger partial charge >= 0.3 is 23.9 Å². The van der Waals surface area contributed by atoms with Gasteiger partial charge in [-0.2, -0.15) is 47.0 Å². The van der Waals surface area contributed by atoms with Crippen LogP contribution in [0.5, 0.6) is 0 Å². The van der Waals surface area contributed by atoms with Crippen LogP contribution in [0.15, 0.2) is 48.6 Å². The van der Waals surface area contributed by atoms with E-state index in [0.717, 1.165) is 25.7 Å². The normalized spacial score (nSPS) is 26.6. The number of Topliss-reactive ketones (excluding diaryl/α,β-unsaturated/α-hetero) is 4. The van der Waals surface area contributed by atoms with E-state index in [0.29, 0.717) is 48.7 Å². The lowest BCUT2D eigenvalue weighted by atomic mass is 9.65. The van der Waals surface area contributed by atoms with E-state index in [1.165, 1.54) is 47.0 Å². The van der Waals surface area contributed by atoms with Crippen LogP contribution in [0.3, 0.4) is 0 Å². The highest BCUT2D eigenvalue weighted by Gasteiger charge is 2.44. The molecule has 4 aliphatic carbocycles. The Bertz CT molecular complexity index is 2060. The Morgan fingerprint density at radius 1 is 0.376 bits per heavy atom. The summed E-state index contributed by atoms with van der Waals surface area (Å²) in [6.07, 6.45) is 22.0. The molecule has 0 spiro atoms. The smallest absolute Gasteiger partial charge is 0.306 e. The number of allylic oxidation sites excluding steroid dienone is 8. The van der Waals surface area contributed by atoms with Crippen molar-refractivity contribution >= 4 is 94.1 Å². The first kappa shape index (κ1) is 74.4. The number of rotatable bonds is 36. The molecule has 0 aromatic rings. The van der Waals surface area contributed by atoms with Crippen molar-refractivity contribution in [2.24, 2.45) is 74.4 Å². The van der Waals surface area contributed by atoms with Crippen LogP contribution in [0.4, 0.5) is 0 Å². The molecular formula is C69H108O12S4. The Morgan fingerprint density at radius 2 is 0.565 bits per heavy atom. The molecule has 0 aromatic heterocycles. The third-order valence-corrected chi connectivity index (χ3v) is 22.8. The van der Waals surface area contributed by atoms with E-state index < -0.39 is 55.7 Å². The molecule has 0 heterocycles. The first-order chi connectivity index (χ1) is 39.7. The molecule has 0 amide bonds. The molecule has 0 aromatic carbocycles. The number of ketones is 4. The molecule has 0 N–H and O–H groups in total. The Hall–Kier alpha value is -3.08. The van der Waals surface area contributed by atoms with Crippen molar-refractivity contribution in [3.05, 3.63) is 48.6 Å². The van der Waals surface area contributed by atoms with Crippen molar-refractivity contribution < 1.29 is 57.3 Å². The van der Waals surface area contributed by atoms with E-state index in [2.05, 4.69) is 132 Å². The predicted octanol–water partition coefficient (Wildman–Crippen LogP) is 15.0. The van der Waals surface area contributed by atoms with Crippen LogP contribution in [-0.4, -0.2) is 117 Å². The fourth-order valence-electron chi connectivity index (χ4n) is 13.8. The second-order valence-electron chi connectivity index (χ2n) is 28.4. The van der Waals surface area contributed by atoms with Gasteiger partial charge in [0.15, 0.2) is 0 Å². The lowest BCUT2D eigenvalue weighted by Crippen LogP contribution is -2.44. The maximum absolute atomic E-state index is 13.7. The zero-order chi connectivity index (χ0) is 63.5. The van der Waals surface area contributed by atoms with Gasteiger partial charge in [0.05, 0.1) is 25.7 Å². The number of ether oxygens (including phenoxy) is 4. The molecule has 4 rings (SSSR count). The number of thioether (sulfide) groups is 4. The van der Waals surface area contributed by atoms with Gasteiger partial charge < -0.3 is 18.9 Å². The first-order valence-corrected chi connectivity index (χ1v) is 35.7. The minimum atomic E-state index is -1.50. The molecule has 12 nitrogen and oxygen atoms in total. The monoisotopic (exact) mass is 1260 g/mol. The largest absolute Gasteiger partial charge is 0.465 e. The summed E-state index contributed by atoms with van der Waals surface area (Å²) in [6.45, 7) is 31.8. The van der Waals surface area contributed by atoms with Crippen LogP contribution in [0, 0.1) is 74.4 Å². The Labute approximate surface area is 529 Å². The summed E-state index contributed by atoms with van der Waals surface area (Å²) in [4.78, 5) is 109. The van der Waals surface area contributed by atoms with Crippen LogP contribution >= 0.6 is 47.0 Å². The first-order valence-electron chi connectivity index (χ1n) is 31.6. The molecule has 85 heavy (non-hydrogen) atoms. The van der Waals surface area contributed by atoms with Gasteiger partial charge in [-0.15, -0.1) is 0 Å². The van der Waals surface area contributed by atoms with E-state index >= 15 is 0 Å². The molecule has 0 fully saturated rings. The third-order valence-electron chi connectivity index (χ3n) is 18.1. The lowest BCUT2D eigenvalue weighted by Gasteiger charge is -2.39. The summed E-state index contributed by atoms with van der Waals surface area (Å²) in [6, 6.07) is 0. The third kappa shape index (κ3) is 24.0. The minimum absolute atomic E-state index is 0.00992. The van der Waals surface area contributed by atoms with Gasteiger partial charge in [-0.3, -0.25) is 38.4 Å². The lowest BCUT2D eigenvalue weighted by molar-refractivity contribution is -0.170. The number of carbonyl (C=O) groups is 8. The fraction of sp³-hybridized carbons (Fsp3) is 0.768. The minimum Gasteiger partial charge on any atom is -0.465 e. The standard InChI is InChI=1S/C69H108O12S4/c1-45-21-17-29-65(9,10)61(45)53(70)37-49(5)82-33-25-57(74)78-41-69(42-79-58(75)26-34-83-50(6)38-54(71)62-46(2)22-18-30-66(62,11)12,43-80-59(76)27-35-84-51(7)39-55(72)63-47(3)23-19-31-67(63,13)14)44-81-60(77)28-36-85-52(8)40-56(73)64-48(4)24-20-32-68(64,15)16/h17-24,45-52,61-64H,25-44H2,1-16H3/t45?,46?,47?,48?,49-,50?,51?,52?,61-,62?,63?,64?,69?/m0/s1. The van der Waals surface area contributed by atoms with Crippen LogP contribution in [0.25, 0.3) is 0 Å². The summed E-state index contributed by atoms with van der Waals surface area (Å²) in [5.41, 5.74) is -2.07. The highest BCUT2D eigenvalue weighted by atomic mass is 32.2. The van der Waals surface area contributed by atoms with E-state index in [1.807, 2.05) is 27.7 Å². The van der Waals surface area contributed by atoms with Crippen molar-refractivity contribution in [1.29, 1.82) is 0 Å². The van der Waals surface area contributed by atoms with Gasteiger partial charge in [-0.1, -0.05) is 159 Å². The van der Waals surface area contributed by atoms with Crippen molar-refractivity contribution in [2.45, 2.75) is 209 Å². The Kier molecular flexibility index (Phi) is 29.9. The van der Waals surface area contributed by atoms with E-state index in [1.54, 1.807) is 0 Å². The molecule has 480 valence electrons.